The third-order valence-electron chi connectivity index (χ3n) is 2.65. The molecule has 0 radical (unpaired) electrons. The van der Waals surface area contributed by atoms with Crippen molar-refractivity contribution in [2.75, 3.05) is 0 Å². The zero-order valence-electron chi connectivity index (χ0n) is 10.7. The van der Waals surface area contributed by atoms with Gasteiger partial charge in [0.25, 0.3) is 0 Å². The van der Waals surface area contributed by atoms with E-state index in [1.54, 1.807) is 11.3 Å². The summed E-state index contributed by atoms with van der Waals surface area (Å²) >= 11 is 5.11. The zero-order valence-corrected chi connectivity index (χ0v) is 13.1. The highest BCUT2D eigenvalue weighted by atomic mass is 79.9. The molecule has 0 unspecified atom stereocenters. The van der Waals surface area contributed by atoms with Crippen molar-refractivity contribution in [3.8, 4) is 5.75 Å². The smallest absolute Gasteiger partial charge is 0.139 e. The van der Waals surface area contributed by atoms with Crippen molar-refractivity contribution in [3.05, 3.63) is 44.3 Å². The molecule has 0 spiro atoms. The second kappa shape index (κ2) is 7.03. The molecular weight excluding hydrogens is 326 g/mol. The highest BCUT2D eigenvalue weighted by Gasteiger charge is 2.09. The molecule has 2 rings (SSSR count). The molecule has 0 saturated heterocycles. The minimum atomic E-state index is -0.0348. The summed E-state index contributed by atoms with van der Waals surface area (Å²) in [7, 11) is 0. The average Bonchev–Trinajstić information content (AvgIpc) is 2.85. The van der Waals surface area contributed by atoms with Gasteiger partial charge in [-0.3, -0.25) is 0 Å². The maximum absolute atomic E-state index is 9.30. The molecule has 2 aromatic rings. The Morgan fingerprint density at radius 1 is 1.42 bits per heavy atom. The monoisotopic (exact) mass is 341 g/mol. The molecule has 1 aromatic carbocycles. The van der Waals surface area contributed by atoms with Gasteiger partial charge in [0.2, 0.25) is 0 Å². The van der Waals surface area contributed by atoms with Crippen LogP contribution in [0.4, 0.5) is 0 Å². The Morgan fingerprint density at radius 2 is 2.26 bits per heavy atom. The van der Waals surface area contributed by atoms with Gasteiger partial charge in [0.05, 0.1) is 21.8 Å². The maximum atomic E-state index is 9.30. The van der Waals surface area contributed by atoms with E-state index >= 15 is 0 Å². The molecule has 0 aliphatic heterocycles. The molecule has 0 saturated carbocycles. The summed E-state index contributed by atoms with van der Waals surface area (Å²) < 4.78 is 6.62. The van der Waals surface area contributed by atoms with E-state index in [1.165, 1.54) is 0 Å². The Balaban J connectivity index is 2.05. The van der Waals surface area contributed by atoms with Gasteiger partial charge in [0, 0.05) is 10.9 Å². The van der Waals surface area contributed by atoms with Crippen LogP contribution in [0.15, 0.2) is 28.1 Å². The molecular formula is C14H16BrNO2S. The predicted octanol–water partition coefficient (Wildman–Crippen LogP) is 3.93. The third-order valence-corrected chi connectivity index (χ3v) is 4.23. The number of ether oxygens (including phenoxy) is 1. The molecule has 0 atom stereocenters. The van der Waals surface area contributed by atoms with Gasteiger partial charge in [0.1, 0.15) is 12.4 Å². The van der Waals surface area contributed by atoms with E-state index in [-0.39, 0.29) is 6.61 Å². The van der Waals surface area contributed by atoms with Gasteiger partial charge in [-0.1, -0.05) is 19.1 Å². The number of halogens is 1. The fourth-order valence-corrected chi connectivity index (χ4v) is 3.14. The molecule has 0 amide bonds. The SMILES string of the molecule is CCCc1nc(COc2c(Br)cccc2CO)cs1. The van der Waals surface area contributed by atoms with Crippen molar-refractivity contribution >= 4 is 27.3 Å². The van der Waals surface area contributed by atoms with Crippen LogP contribution in [0.5, 0.6) is 5.75 Å². The third kappa shape index (κ3) is 3.78. The van der Waals surface area contributed by atoms with Crippen LogP contribution in [0.2, 0.25) is 0 Å². The van der Waals surface area contributed by atoms with E-state index in [0.717, 1.165) is 33.6 Å². The minimum absolute atomic E-state index is 0.0348. The van der Waals surface area contributed by atoms with Crippen molar-refractivity contribution in [1.82, 2.24) is 4.98 Å². The van der Waals surface area contributed by atoms with Crippen LogP contribution in [0.3, 0.4) is 0 Å². The Bertz CT molecular complexity index is 542. The lowest BCUT2D eigenvalue weighted by molar-refractivity contribution is 0.256. The van der Waals surface area contributed by atoms with Gasteiger partial charge in [-0.2, -0.15) is 0 Å². The summed E-state index contributed by atoms with van der Waals surface area (Å²) in [6, 6.07) is 5.63. The van der Waals surface area contributed by atoms with E-state index in [1.807, 2.05) is 23.6 Å². The number of hydrogen-bond acceptors (Lipinski definition) is 4. The maximum Gasteiger partial charge on any atom is 0.139 e. The lowest BCUT2D eigenvalue weighted by atomic mass is 10.2. The van der Waals surface area contributed by atoms with Crippen molar-refractivity contribution in [2.24, 2.45) is 0 Å². The Hall–Kier alpha value is -0.910. The number of aryl methyl sites for hydroxylation is 1. The topological polar surface area (TPSA) is 42.4 Å². The first-order valence-electron chi connectivity index (χ1n) is 6.19. The molecule has 0 aliphatic carbocycles. The molecule has 1 N–H and O–H groups in total. The van der Waals surface area contributed by atoms with Crippen LogP contribution in [0, 0.1) is 0 Å². The minimum Gasteiger partial charge on any atom is -0.486 e. The number of aliphatic hydroxyl groups excluding tert-OH is 1. The number of nitrogens with zero attached hydrogens (tertiary/aromatic N) is 1. The molecule has 0 aliphatic rings. The number of rotatable bonds is 6. The van der Waals surface area contributed by atoms with Crippen molar-refractivity contribution in [1.29, 1.82) is 0 Å². The summed E-state index contributed by atoms with van der Waals surface area (Å²) in [5.74, 6) is 0.690. The highest BCUT2D eigenvalue weighted by molar-refractivity contribution is 9.10. The summed E-state index contributed by atoms with van der Waals surface area (Å²) in [5, 5.41) is 12.5. The van der Waals surface area contributed by atoms with Crippen LogP contribution in [0.25, 0.3) is 0 Å². The number of hydrogen-bond donors (Lipinski definition) is 1. The lowest BCUT2D eigenvalue weighted by Crippen LogP contribution is -2.00. The molecule has 3 nitrogen and oxygen atoms in total. The second-order valence-electron chi connectivity index (χ2n) is 4.16. The van der Waals surface area contributed by atoms with Gasteiger partial charge in [-0.15, -0.1) is 11.3 Å². The van der Waals surface area contributed by atoms with Crippen molar-refractivity contribution < 1.29 is 9.84 Å². The normalized spacial score (nSPS) is 10.7. The molecule has 0 fully saturated rings. The predicted molar refractivity (Wildman–Crippen MR) is 80.5 cm³/mol. The quantitative estimate of drug-likeness (QED) is 0.865. The van der Waals surface area contributed by atoms with Gasteiger partial charge in [-0.05, 0) is 34.8 Å². The molecule has 102 valence electrons. The van der Waals surface area contributed by atoms with E-state index in [9.17, 15) is 5.11 Å². The van der Waals surface area contributed by atoms with Crippen LogP contribution >= 0.6 is 27.3 Å². The van der Waals surface area contributed by atoms with Crippen molar-refractivity contribution in [3.63, 3.8) is 0 Å². The fourth-order valence-electron chi connectivity index (χ4n) is 1.73. The average molecular weight is 342 g/mol. The highest BCUT2D eigenvalue weighted by Crippen LogP contribution is 2.30. The summed E-state index contributed by atoms with van der Waals surface area (Å²) in [6.07, 6.45) is 2.12. The van der Waals surface area contributed by atoms with E-state index in [0.29, 0.717) is 12.4 Å². The van der Waals surface area contributed by atoms with Crippen molar-refractivity contribution in [2.45, 2.75) is 33.0 Å². The van der Waals surface area contributed by atoms with Gasteiger partial charge < -0.3 is 9.84 Å². The molecule has 1 aromatic heterocycles. The van der Waals surface area contributed by atoms with E-state index < -0.39 is 0 Å². The Kier molecular flexibility index (Phi) is 5.36. The number of benzene rings is 1. The second-order valence-corrected chi connectivity index (χ2v) is 5.95. The molecule has 19 heavy (non-hydrogen) atoms. The van der Waals surface area contributed by atoms with Gasteiger partial charge in [0.15, 0.2) is 0 Å². The van der Waals surface area contributed by atoms with E-state index in [2.05, 4.69) is 27.8 Å². The number of para-hydroxylation sites is 1. The lowest BCUT2D eigenvalue weighted by Gasteiger charge is -2.10. The fraction of sp³-hybridized carbons (Fsp3) is 0.357. The first kappa shape index (κ1) is 14.5. The number of thiazole rings is 1. The zero-order chi connectivity index (χ0) is 13.7. The standard InChI is InChI=1S/C14H16BrNO2S/c1-2-4-13-16-11(9-19-13)8-18-14-10(7-17)5-3-6-12(14)15/h3,5-6,9,17H,2,4,7-8H2,1H3. The largest absolute Gasteiger partial charge is 0.486 e. The summed E-state index contributed by atoms with van der Waals surface area (Å²) in [5.41, 5.74) is 1.71. The van der Waals surface area contributed by atoms with Crippen LogP contribution in [-0.2, 0) is 19.6 Å². The first-order valence-corrected chi connectivity index (χ1v) is 7.86. The number of aliphatic hydroxyl groups is 1. The molecule has 1 heterocycles. The molecule has 5 heteroatoms. The Labute approximate surface area is 125 Å². The van der Waals surface area contributed by atoms with Crippen LogP contribution in [0.1, 0.15) is 29.6 Å². The number of aromatic nitrogens is 1. The summed E-state index contributed by atoms with van der Waals surface area (Å²) in [4.78, 5) is 4.52. The Morgan fingerprint density at radius 3 is 3.00 bits per heavy atom. The summed E-state index contributed by atoms with van der Waals surface area (Å²) in [6.45, 7) is 2.54. The van der Waals surface area contributed by atoms with Crippen LogP contribution in [-0.4, -0.2) is 10.1 Å². The van der Waals surface area contributed by atoms with Crippen LogP contribution < -0.4 is 4.74 Å². The molecule has 0 bridgehead atoms. The van der Waals surface area contributed by atoms with Gasteiger partial charge >= 0.3 is 0 Å². The first-order chi connectivity index (χ1) is 9.24. The van der Waals surface area contributed by atoms with E-state index in [4.69, 9.17) is 4.74 Å². The van der Waals surface area contributed by atoms with Gasteiger partial charge in [-0.25, -0.2) is 4.98 Å².